The van der Waals surface area contributed by atoms with Gasteiger partial charge in [0, 0.05) is 12.0 Å². The van der Waals surface area contributed by atoms with Crippen molar-refractivity contribution in [1.82, 2.24) is 0 Å². The molecule has 6 heteroatoms. The van der Waals surface area contributed by atoms with E-state index >= 15 is 0 Å². The molecule has 2 rings (SSSR count). The number of rotatable bonds is 3. The van der Waals surface area contributed by atoms with Gasteiger partial charge in [-0.1, -0.05) is 0 Å². The summed E-state index contributed by atoms with van der Waals surface area (Å²) < 4.78 is 29.2. The number of hydrogen-bond donors (Lipinski definition) is 1. The summed E-state index contributed by atoms with van der Waals surface area (Å²) in [4.78, 5) is 11.5. The van der Waals surface area contributed by atoms with Crippen molar-refractivity contribution < 1.29 is 28.5 Å². The van der Waals surface area contributed by atoms with Gasteiger partial charge in [-0.25, -0.2) is 9.18 Å². The quantitative estimate of drug-likeness (QED) is 0.861. The first-order valence-electron chi connectivity index (χ1n) is 6.38. The average molecular weight is 284 g/mol. The maximum atomic E-state index is 13.7. The van der Waals surface area contributed by atoms with E-state index in [1.165, 1.54) is 19.1 Å². The second-order valence-corrected chi connectivity index (χ2v) is 4.52. The van der Waals surface area contributed by atoms with Crippen molar-refractivity contribution in [3.8, 4) is 11.5 Å². The molecule has 0 bridgehead atoms. The first-order valence-corrected chi connectivity index (χ1v) is 6.38. The molecule has 1 aromatic rings. The molecule has 0 fully saturated rings. The third-order valence-corrected chi connectivity index (χ3v) is 3.10. The Hall–Kier alpha value is -1.82. The molecule has 0 aromatic heterocycles. The molecule has 20 heavy (non-hydrogen) atoms. The predicted molar refractivity (Wildman–Crippen MR) is 68.5 cm³/mol. The van der Waals surface area contributed by atoms with Crippen molar-refractivity contribution in [2.75, 3.05) is 20.3 Å². The van der Waals surface area contributed by atoms with Crippen molar-refractivity contribution in [2.24, 2.45) is 0 Å². The number of ether oxygens (including phenoxy) is 3. The van der Waals surface area contributed by atoms with Crippen molar-refractivity contribution in [3.05, 3.63) is 23.3 Å². The smallest absolute Gasteiger partial charge is 0.339 e. The third kappa shape index (κ3) is 2.85. The number of fused-ring (bicyclic) bond motifs is 1. The molecule has 1 N–H and O–H groups in total. The number of hydrogen-bond acceptors (Lipinski definition) is 5. The van der Waals surface area contributed by atoms with E-state index in [1.807, 2.05) is 0 Å². The van der Waals surface area contributed by atoms with Gasteiger partial charge in [-0.3, -0.25) is 0 Å². The maximum Gasteiger partial charge on any atom is 0.339 e. The Balaban J connectivity index is 2.48. The molecule has 110 valence electrons. The number of esters is 1. The highest BCUT2D eigenvalue weighted by Crippen LogP contribution is 2.38. The Morgan fingerprint density at radius 3 is 2.35 bits per heavy atom. The summed E-state index contributed by atoms with van der Waals surface area (Å²) in [6.07, 6.45) is -2.20. The van der Waals surface area contributed by atoms with E-state index in [0.29, 0.717) is 31.1 Å². The van der Waals surface area contributed by atoms with Crippen LogP contribution in [0.4, 0.5) is 4.39 Å². The molecule has 0 amide bonds. The van der Waals surface area contributed by atoms with Crippen LogP contribution in [0.2, 0.25) is 0 Å². The Labute approximate surface area is 116 Å². The lowest BCUT2D eigenvalue weighted by molar-refractivity contribution is -0.150. The largest absolute Gasteiger partial charge is 0.490 e. The van der Waals surface area contributed by atoms with E-state index in [-0.39, 0.29) is 11.1 Å². The molecule has 2 atom stereocenters. The summed E-state index contributed by atoms with van der Waals surface area (Å²) in [5, 5.41) is 9.95. The van der Waals surface area contributed by atoms with Crippen LogP contribution in [-0.2, 0) is 9.53 Å². The van der Waals surface area contributed by atoms with Gasteiger partial charge >= 0.3 is 5.97 Å². The van der Waals surface area contributed by atoms with Crippen LogP contribution in [0.5, 0.6) is 11.5 Å². The van der Waals surface area contributed by atoms with Crippen LogP contribution in [0.1, 0.15) is 36.7 Å². The van der Waals surface area contributed by atoms with E-state index in [1.54, 1.807) is 0 Å². The Morgan fingerprint density at radius 2 is 1.85 bits per heavy atom. The molecule has 1 aromatic carbocycles. The molecule has 0 saturated carbocycles. The van der Waals surface area contributed by atoms with Crippen LogP contribution in [0.25, 0.3) is 0 Å². The van der Waals surface area contributed by atoms with Gasteiger partial charge < -0.3 is 19.3 Å². The highest BCUT2D eigenvalue weighted by Gasteiger charge is 2.26. The molecule has 0 aliphatic carbocycles. The number of alkyl halides is 1. The topological polar surface area (TPSA) is 65.0 Å². The van der Waals surface area contributed by atoms with Crippen LogP contribution in [0.15, 0.2) is 12.1 Å². The van der Waals surface area contributed by atoms with Gasteiger partial charge in [-0.2, -0.15) is 0 Å². The maximum absolute atomic E-state index is 13.7. The summed E-state index contributed by atoms with van der Waals surface area (Å²) in [7, 11) is 1.16. The fourth-order valence-corrected chi connectivity index (χ4v) is 2.06. The van der Waals surface area contributed by atoms with Gasteiger partial charge in [0.2, 0.25) is 0 Å². The fraction of sp³-hybridized carbons (Fsp3) is 0.500. The zero-order valence-corrected chi connectivity index (χ0v) is 11.4. The Bertz CT molecular complexity index is 501. The standard InChI is InChI=1S/C14H17FO5/c1-8(15)9-6-11-12(20-5-3-4-19-11)7-10(9)13(16)14(17)18-2/h6-8,13,16H,3-5H2,1-2H3. The minimum absolute atomic E-state index is 0.135. The molecule has 0 saturated heterocycles. The number of benzene rings is 1. The van der Waals surface area contributed by atoms with Crippen molar-refractivity contribution in [3.63, 3.8) is 0 Å². The number of methoxy groups -OCH3 is 1. The number of carbonyl (C=O) groups excluding carboxylic acids is 1. The minimum Gasteiger partial charge on any atom is -0.490 e. The summed E-state index contributed by atoms with van der Waals surface area (Å²) in [5.41, 5.74) is 0.322. The molecule has 1 aliphatic rings. The Kier molecular flexibility index (Phi) is 4.44. The van der Waals surface area contributed by atoms with Crippen LogP contribution in [-0.4, -0.2) is 31.4 Å². The number of aliphatic hydroxyl groups excluding tert-OH is 1. The van der Waals surface area contributed by atoms with Crippen molar-refractivity contribution in [1.29, 1.82) is 0 Å². The molecule has 0 spiro atoms. The molecule has 5 nitrogen and oxygen atoms in total. The SMILES string of the molecule is COC(=O)C(O)c1cc2c(cc1C(C)F)OCCCO2. The zero-order valence-electron chi connectivity index (χ0n) is 11.4. The third-order valence-electron chi connectivity index (χ3n) is 3.10. The van der Waals surface area contributed by atoms with Crippen molar-refractivity contribution >= 4 is 5.97 Å². The number of carbonyl (C=O) groups is 1. The zero-order chi connectivity index (χ0) is 14.7. The van der Waals surface area contributed by atoms with Crippen LogP contribution in [0.3, 0.4) is 0 Å². The number of aliphatic hydroxyl groups is 1. The molecule has 2 unspecified atom stereocenters. The first-order chi connectivity index (χ1) is 9.54. The van der Waals surface area contributed by atoms with Crippen LogP contribution < -0.4 is 9.47 Å². The predicted octanol–water partition coefficient (Wildman–Crippen LogP) is 2.08. The Morgan fingerprint density at radius 1 is 1.30 bits per heavy atom. The van der Waals surface area contributed by atoms with E-state index < -0.39 is 18.2 Å². The average Bonchev–Trinajstić information content (AvgIpc) is 2.68. The van der Waals surface area contributed by atoms with Gasteiger partial charge in [0.05, 0.1) is 20.3 Å². The minimum atomic E-state index is -1.55. The van der Waals surface area contributed by atoms with E-state index in [4.69, 9.17) is 9.47 Å². The summed E-state index contributed by atoms with van der Waals surface area (Å²) >= 11 is 0. The second kappa shape index (κ2) is 6.09. The monoisotopic (exact) mass is 284 g/mol. The van der Waals surface area contributed by atoms with Gasteiger partial charge in [0.15, 0.2) is 17.6 Å². The van der Waals surface area contributed by atoms with Gasteiger partial charge in [-0.05, 0) is 24.6 Å². The summed E-state index contributed by atoms with van der Waals surface area (Å²) in [5.74, 6) is -0.0333. The lowest BCUT2D eigenvalue weighted by Crippen LogP contribution is -2.16. The van der Waals surface area contributed by atoms with Gasteiger partial charge in [0.1, 0.15) is 6.17 Å². The van der Waals surface area contributed by atoms with E-state index in [9.17, 15) is 14.3 Å². The lowest BCUT2D eigenvalue weighted by Gasteiger charge is -2.18. The van der Waals surface area contributed by atoms with E-state index in [2.05, 4.69) is 4.74 Å². The second-order valence-electron chi connectivity index (χ2n) is 4.52. The molecular weight excluding hydrogens is 267 g/mol. The number of halogens is 1. The van der Waals surface area contributed by atoms with E-state index in [0.717, 1.165) is 7.11 Å². The van der Waals surface area contributed by atoms with Gasteiger partial charge in [-0.15, -0.1) is 0 Å². The fourth-order valence-electron chi connectivity index (χ4n) is 2.06. The lowest BCUT2D eigenvalue weighted by atomic mass is 9.98. The summed E-state index contributed by atoms with van der Waals surface area (Å²) in [6.45, 7) is 2.27. The molecule has 0 radical (unpaired) electrons. The highest BCUT2D eigenvalue weighted by molar-refractivity contribution is 5.77. The molecule has 1 aliphatic heterocycles. The van der Waals surface area contributed by atoms with Crippen LogP contribution in [0, 0.1) is 0 Å². The van der Waals surface area contributed by atoms with Crippen molar-refractivity contribution in [2.45, 2.75) is 25.6 Å². The van der Waals surface area contributed by atoms with Gasteiger partial charge in [0.25, 0.3) is 0 Å². The molecule has 1 heterocycles. The molecular formula is C14H17FO5. The van der Waals surface area contributed by atoms with Crippen LogP contribution >= 0.6 is 0 Å². The first kappa shape index (κ1) is 14.6. The normalized spacial score (nSPS) is 17.0. The highest BCUT2D eigenvalue weighted by atomic mass is 19.1. The summed E-state index contributed by atoms with van der Waals surface area (Å²) in [6, 6.07) is 2.90.